The van der Waals surface area contributed by atoms with Crippen LogP contribution in [-0.4, -0.2) is 72.6 Å². The third kappa shape index (κ3) is 4.93. The molecule has 1 aliphatic rings. The minimum atomic E-state index is -0.635. The number of hydrogen-bond donors (Lipinski definition) is 2. The molecule has 0 bridgehead atoms. The fraction of sp³-hybridized carbons (Fsp3) is 0.357. The van der Waals surface area contributed by atoms with E-state index >= 15 is 0 Å². The Morgan fingerprint density at radius 1 is 0.886 bits per heavy atom. The summed E-state index contributed by atoms with van der Waals surface area (Å²) in [5, 5.41) is 12.8. The van der Waals surface area contributed by atoms with E-state index in [4.69, 9.17) is 14.2 Å². The number of benzene rings is 3. The number of aromatic amines is 1. The Kier molecular flexibility index (Phi) is 6.81. The van der Waals surface area contributed by atoms with Gasteiger partial charge >= 0.3 is 0 Å². The minimum absolute atomic E-state index is 0.423. The maximum Gasteiger partial charge on any atom is 0.178 e. The third-order valence-corrected chi connectivity index (χ3v) is 6.74. The van der Waals surface area contributed by atoms with Crippen LogP contribution >= 0.6 is 0 Å². The standard InChI is InChI=1S/C28H33N3O4/c1-19(32)28(35-26-10-6-9-25-27(26)23-7-4-5-8-24(23)29-25)31-13-11-30(12-14-31)18-20-15-21(33-2)17-22(16-20)34-3/h4-10,15-17,19,28-29,32H,11-14,18H2,1-3H3. The molecule has 0 amide bonds. The molecule has 2 heterocycles. The Bertz CT molecular complexity index is 1270. The van der Waals surface area contributed by atoms with E-state index in [1.54, 1.807) is 21.1 Å². The van der Waals surface area contributed by atoms with E-state index in [0.717, 1.165) is 77.3 Å². The molecule has 0 radical (unpaired) electrons. The number of rotatable bonds is 8. The number of fused-ring (bicyclic) bond motifs is 3. The molecule has 0 spiro atoms. The summed E-state index contributed by atoms with van der Waals surface area (Å²) in [6.07, 6.45) is -1.06. The van der Waals surface area contributed by atoms with Gasteiger partial charge in [0.2, 0.25) is 0 Å². The molecule has 184 valence electrons. The number of methoxy groups -OCH3 is 2. The lowest BCUT2D eigenvalue weighted by molar-refractivity contribution is -0.0745. The molecule has 1 fully saturated rings. The van der Waals surface area contributed by atoms with Crippen LogP contribution < -0.4 is 14.2 Å². The average molecular weight is 476 g/mol. The largest absolute Gasteiger partial charge is 0.497 e. The van der Waals surface area contributed by atoms with E-state index in [9.17, 15) is 5.11 Å². The summed E-state index contributed by atoms with van der Waals surface area (Å²) < 4.78 is 17.3. The lowest BCUT2D eigenvalue weighted by Gasteiger charge is -2.40. The predicted octanol–water partition coefficient (Wildman–Crippen LogP) is 4.24. The number of piperazine rings is 1. The summed E-state index contributed by atoms with van der Waals surface area (Å²) in [4.78, 5) is 8.11. The summed E-state index contributed by atoms with van der Waals surface area (Å²) in [6, 6.07) is 20.3. The smallest absolute Gasteiger partial charge is 0.178 e. The van der Waals surface area contributed by atoms with E-state index < -0.39 is 12.3 Å². The Morgan fingerprint density at radius 3 is 2.26 bits per heavy atom. The van der Waals surface area contributed by atoms with Gasteiger partial charge in [-0.2, -0.15) is 0 Å². The van der Waals surface area contributed by atoms with Crippen molar-refractivity contribution in [2.45, 2.75) is 25.8 Å². The zero-order valence-corrected chi connectivity index (χ0v) is 20.5. The summed E-state index contributed by atoms with van der Waals surface area (Å²) >= 11 is 0. The first-order valence-electron chi connectivity index (χ1n) is 12.1. The maximum absolute atomic E-state index is 10.7. The molecule has 2 unspecified atom stereocenters. The van der Waals surface area contributed by atoms with Crippen molar-refractivity contribution >= 4 is 21.8 Å². The van der Waals surface area contributed by atoms with Gasteiger partial charge in [0.15, 0.2) is 6.23 Å². The van der Waals surface area contributed by atoms with Crippen molar-refractivity contribution in [3.63, 3.8) is 0 Å². The number of nitrogens with one attached hydrogen (secondary N) is 1. The third-order valence-electron chi connectivity index (χ3n) is 6.74. The Balaban J connectivity index is 1.30. The van der Waals surface area contributed by atoms with Crippen molar-refractivity contribution < 1.29 is 19.3 Å². The molecule has 7 heteroatoms. The van der Waals surface area contributed by atoms with Crippen LogP contribution in [0.4, 0.5) is 0 Å². The summed E-state index contributed by atoms with van der Waals surface area (Å²) in [5.41, 5.74) is 3.27. The zero-order chi connectivity index (χ0) is 24.4. The van der Waals surface area contributed by atoms with Crippen molar-refractivity contribution in [1.29, 1.82) is 0 Å². The molecule has 0 aliphatic carbocycles. The van der Waals surface area contributed by atoms with Gasteiger partial charge in [-0.1, -0.05) is 24.3 Å². The van der Waals surface area contributed by atoms with Crippen molar-refractivity contribution in [3.8, 4) is 17.2 Å². The van der Waals surface area contributed by atoms with Crippen LogP contribution in [0.15, 0.2) is 60.7 Å². The molecule has 0 saturated carbocycles. The van der Waals surface area contributed by atoms with Gasteiger partial charge in [-0.25, -0.2) is 0 Å². The second-order valence-corrected chi connectivity index (χ2v) is 9.13. The van der Waals surface area contributed by atoms with Crippen LogP contribution in [0.2, 0.25) is 0 Å². The molecule has 1 aromatic heterocycles. The highest BCUT2D eigenvalue weighted by molar-refractivity contribution is 6.10. The Labute approximate surface area is 205 Å². The quantitative estimate of drug-likeness (QED) is 0.397. The van der Waals surface area contributed by atoms with Crippen LogP contribution in [0, 0.1) is 0 Å². The van der Waals surface area contributed by atoms with E-state index in [2.05, 4.69) is 45.1 Å². The van der Waals surface area contributed by atoms with Crippen molar-refractivity contribution in [1.82, 2.24) is 14.8 Å². The molecule has 3 aromatic carbocycles. The Hall–Kier alpha value is -3.26. The molecule has 2 N–H and O–H groups in total. The zero-order valence-electron chi connectivity index (χ0n) is 20.5. The number of aromatic nitrogens is 1. The van der Waals surface area contributed by atoms with Crippen LogP contribution in [0.25, 0.3) is 21.8 Å². The first-order valence-corrected chi connectivity index (χ1v) is 12.1. The highest BCUT2D eigenvalue weighted by Crippen LogP contribution is 2.34. The first-order chi connectivity index (χ1) is 17.1. The lowest BCUT2D eigenvalue weighted by Crippen LogP contribution is -2.55. The van der Waals surface area contributed by atoms with Gasteiger partial charge in [0.05, 0.1) is 19.7 Å². The molecule has 4 aromatic rings. The van der Waals surface area contributed by atoms with Crippen LogP contribution in [0.3, 0.4) is 0 Å². The van der Waals surface area contributed by atoms with E-state index in [0.29, 0.717) is 0 Å². The van der Waals surface area contributed by atoms with Gasteiger partial charge in [0.25, 0.3) is 0 Å². The molecular formula is C28H33N3O4. The van der Waals surface area contributed by atoms with E-state index in [-0.39, 0.29) is 0 Å². The number of aliphatic hydroxyl groups excluding tert-OH is 1. The topological polar surface area (TPSA) is 70.2 Å². The SMILES string of the molecule is COc1cc(CN2CCN(C(Oc3cccc4[nH]c5ccccc5c34)C(C)O)CC2)cc(OC)c1. The minimum Gasteiger partial charge on any atom is -0.497 e. The van der Waals surface area contributed by atoms with Crippen LogP contribution in [0.1, 0.15) is 12.5 Å². The normalized spacial score (nSPS) is 16.9. The number of H-pyrrole nitrogens is 1. The van der Waals surface area contributed by atoms with Gasteiger partial charge in [-0.15, -0.1) is 0 Å². The lowest BCUT2D eigenvalue weighted by atomic mass is 10.1. The number of hydrogen-bond acceptors (Lipinski definition) is 6. The van der Waals surface area contributed by atoms with Gasteiger partial charge in [-0.3, -0.25) is 9.80 Å². The average Bonchev–Trinajstić information content (AvgIpc) is 3.27. The molecule has 5 rings (SSSR count). The van der Waals surface area contributed by atoms with Crippen molar-refractivity contribution in [2.24, 2.45) is 0 Å². The van der Waals surface area contributed by atoms with Gasteiger partial charge < -0.3 is 24.3 Å². The van der Waals surface area contributed by atoms with Crippen molar-refractivity contribution in [3.05, 3.63) is 66.2 Å². The fourth-order valence-corrected chi connectivity index (χ4v) is 4.97. The first kappa shape index (κ1) is 23.5. The second kappa shape index (κ2) is 10.2. The summed E-state index contributed by atoms with van der Waals surface area (Å²) in [5.74, 6) is 2.38. The van der Waals surface area contributed by atoms with Crippen LogP contribution in [-0.2, 0) is 6.54 Å². The molecule has 2 atom stereocenters. The molecule has 1 aliphatic heterocycles. The summed E-state index contributed by atoms with van der Waals surface area (Å²) in [7, 11) is 3.34. The van der Waals surface area contributed by atoms with Crippen LogP contribution in [0.5, 0.6) is 17.2 Å². The highest BCUT2D eigenvalue weighted by Gasteiger charge is 2.29. The fourth-order valence-electron chi connectivity index (χ4n) is 4.97. The van der Waals surface area contributed by atoms with Gasteiger partial charge in [-0.05, 0) is 42.8 Å². The second-order valence-electron chi connectivity index (χ2n) is 9.13. The van der Waals surface area contributed by atoms with Gasteiger partial charge in [0, 0.05) is 55.1 Å². The van der Waals surface area contributed by atoms with E-state index in [1.807, 2.05) is 30.3 Å². The predicted molar refractivity (Wildman–Crippen MR) is 138 cm³/mol. The molecule has 1 saturated heterocycles. The Morgan fingerprint density at radius 2 is 1.57 bits per heavy atom. The van der Waals surface area contributed by atoms with Crippen molar-refractivity contribution in [2.75, 3.05) is 40.4 Å². The van der Waals surface area contributed by atoms with E-state index in [1.165, 1.54) is 0 Å². The number of aliphatic hydroxyl groups is 1. The number of nitrogens with zero attached hydrogens (tertiary/aromatic N) is 2. The summed E-state index contributed by atoms with van der Waals surface area (Å²) in [6.45, 7) is 5.99. The molecular weight excluding hydrogens is 442 g/mol. The van der Waals surface area contributed by atoms with Gasteiger partial charge in [0.1, 0.15) is 23.4 Å². The highest BCUT2D eigenvalue weighted by atomic mass is 16.5. The number of ether oxygens (including phenoxy) is 3. The monoisotopic (exact) mass is 475 g/mol. The molecule has 7 nitrogen and oxygen atoms in total. The number of para-hydroxylation sites is 1. The molecule has 35 heavy (non-hydrogen) atoms. The maximum atomic E-state index is 10.7.